The normalized spacial score (nSPS) is 10.9. The smallest absolute Gasteiger partial charge is 0.275 e. The fraction of sp³-hybridized carbons (Fsp3) is 0.150. The summed E-state index contributed by atoms with van der Waals surface area (Å²) in [4.78, 5) is 17.4. The monoisotopic (exact) mass is 412 g/mol. The molecule has 2 aromatic heterocycles. The van der Waals surface area contributed by atoms with E-state index < -0.39 is 0 Å². The lowest BCUT2D eigenvalue weighted by atomic mass is 10.2. The van der Waals surface area contributed by atoms with E-state index in [0.717, 1.165) is 22.9 Å². The van der Waals surface area contributed by atoms with E-state index in [1.807, 2.05) is 37.3 Å². The van der Waals surface area contributed by atoms with Gasteiger partial charge in [-0.1, -0.05) is 48.1 Å². The fourth-order valence-corrected chi connectivity index (χ4v) is 3.69. The molecule has 0 bridgehead atoms. The Labute approximate surface area is 170 Å². The Balaban J connectivity index is 1.58. The van der Waals surface area contributed by atoms with Crippen LogP contribution in [-0.2, 0) is 13.0 Å². The van der Waals surface area contributed by atoms with Crippen LogP contribution >= 0.6 is 22.9 Å². The van der Waals surface area contributed by atoms with Crippen LogP contribution in [0, 0.1) is 0 Å². The second-order valence-corrected chi connectivity index (χ2v) is 7.52. The summed E-state index contributed by atoms with van der Waals surface area (Å²) < 4.78 is 7.29. The first-order valence-corrected chi connectivity index (χ1v) is 9.97. The molecule has 0 aliphatic carbocycles. The minimum absolute atomic E-state index is 0.190. The summed E-state index contributed by atoms with van der Waals surface area (Å²) in [5, 5.41) is 9.00. The maximum Gasteiger partial charge on any atom is 0.275 e. The molecule has 0 saturated carbocycles. The van der Waals surface area contributed by atoms with Crippen molar-refractivity contribution in [3.63, 3.8) is 0 Å². The summed E-state index contributed by atoms with van der Waals surface area (Å²) in [7, 11) is 0. The van der Waals surface area contributed by atoms with Crippen molar-refractivity contribution in [2.75, 3.05) is 5.32 Å². The zero-order valence-corrected chi connectivity index (χ0v) is 16.6. The van der Waals surface area contributed by atoms with Crippen LogP contribution < -0.4 is 15.6 Å². The molecule has 4 aromatic rings. The Hall–Kier alpha value is -2.90. The van der Waals surface area contributed by atoms with Crippen LogP contribution in [0.4, 0.5) is 5.69 Å². The molecule has 2 aromatic carbocycles. The second-order valence-electron chi connectivity index (χ2n) is 6.04. The molecule has 0 spiro atoms. The van der Waals surface area contributed by atoms with Gasteiger partial charge in [-0.05, 0) is 36.8 Å². The third kappa shape index (κ3) is 4.00. The first kappa shape index (κ1) is 18.5. The van der Waals surface area contributed by atoms with Crippen LogP contribution in [0.2, 0.25) is 5.02 Å². The highest BCUT2D eigenvalue weighted by molar-refractivity contribution is 7.16. The number of fused-ring (bicyclic) bond motifs is 1. The first-order chi connectivity index (χ1) is 13.6. The molecule has 0 aliphatic rings. The Morgan fingerprint density at radius 3 is 2.79 bits per heavy atom. The van der Waals surface area contributed by atoms with Gasteiger partial charge < -0.3 is 10.1 Å². The van der Waals surface area contributed by atoms with Gasteiger partial charge in [-0.2, -0.15) is 9.61 Å². The van der Waals surface area contributed by atoms with Crippen molar-refractivity contribution in [3.8, 4) is 11.5 Å². The van der Waals surface area contributed by atoms with Crippen LogP contribution in [0.5, 0.6) is 11.5 Å². The molecule has 0 fully saturated rings. The van der Waals surface area contributed by atoms with Gasteiger partial charge in [0.1, 0.15) is 10.8 Å². The molecule has 2 heterocycles. The van der Waals surface area contributed by atoms with Crippen LogP contribution in [-0.4, -0.2) is 14.6 Å². The highest BCUT2D eigenvalue weighted by atomic mass is 35.5. The number of para-hydroxylation sites is 1. The van der Waals surface area contributed by atoms with Crippen molar-refractivity contribution in [3.05, 3.63) is 80.7 Å². The lowest BCUT2D eigenvalue weighted by Crippen LogP contribution is -2.16. The number of aromatic nitrogens is 3. The zero-order valence-electron chi connectivity index (χ0n) is 15.1. The molecule has 1 N–H and O–H groups in total. The van der Waals surface area contributed by atoms with Gasteiger partial charge >= 0.3 is 0 Å². The van der Waals surface area contributed by atoms with Crippen molar-refractivity contribution >= 4 is 33.6 Å². The predicted molar refractivity (Wildman–Crippen MR) is 112 cm³/mol. The summed E-state index contributed by atoms with van der Waals surface area (Å²) in [6.45, 7) is 2.36. The van der Waals surface area contributed by atoms with Crippen molar-refractivity contribution in [1.82, 2.24) is 14.6 Å². The number of ether oxygens (including phenoxy) is 1. The Kier molecular flexibility index (Phi) is 5.27. The van der Waals surface area contributed by atoms with E-state index in [9.17, 15) is 4.79 Å². The van der Waals surface area contributed by atoms with E-state index >= 15 is 0 Å². The minimum Gasteiger partial charge on any atom is -0.455 e. The summed E-state index contributed by atoms with van der Waals surface area (Å²) in [6.07, 6.45) is 0.768. The fourth-order valence-electron chi connectivity index (χ4n) is 2.66. The molecule has 142 valence electrons. The highest BCUT2D eigenvalue weighted by Gasteiger charge is 2.10. The third-order valence-electron chi connectivity index (χ3n) is 4.01. The Morgan fingerprint density at radius 1 is 1.18 bits per heavy atom. The van der Waals surface area contributed by atoms with Crippen LogP contribution in [0.3, 0.4) is 0 Å². The number of hydrogen-bond donors (Lipinski definition) is 1. The molecule has 8 heteroatoms. The van der Waals surface area contributed by atoms with Crippen molar-refractivity contribution in [2.45, 2.75) is 19.9 Å². The number of anilines is 1. The van der Waals surface area contributed by atoms with Gasteiger partial charge in [0.05, 0.1) is 17.9 Å². The Bertz CT molecular complexity index is 1170. The van der Waals surface area contributed by atoms with E-state index in [-0.39, 0.29) is 5.56 Å². The van der Waals surface area contributed by atoms with Crippen LogP contribution in [0.1, 0.15) is 17.6 Å². The molecule has 6 nitrogen and oxygen atoms in total. The molecule has 0 atom stereocenters. The summed E-state index contributed by atoms with van der Waals surface area (Å²) in [5.74, 6) is 1.36. The summed E-state index contributed by atoms with van der Waals surface area (Å²) >= 11 is 7.57. The molecule has 28 heavy (non-hydrogen) atoms. The molecule has 0 saturated heterocycles. The van der Waals surface area contributed by atoms with Gasteiger partial charge in [-0.25, -0.2) is 4.98 Å². The topological polar surface area (TPSA) is 68.5 Å². The second kappa shape index (κ2) is 8.00. The van der Waals surface area contributed by atoms with Crippen LogP contribution in [0.15, 0.2) is 59.4 Å². The average molecular weight is 413 g/mol. The number of aryl methyl sites for hydroxylation is 1. The van der Waals surface area contributed by atoms with Crippen molar-refractivity contribution in [1.29, 1.82) is 0 Å². The number of nitrogens with zero attached hydrogens (tertiary/aromatic N) is 3. The molecule has 0 amide bonds. The summed E-state index contributed by atoms with van der Waals surface area (Å²) in [5.41, 5.74) is 1.16. The molecular formula is C20H17ClN4O2S. The molecule has 0 aliphatic heterocycles. The van der Waals surface area contributed by atoms with Crippen LogP contribution in [0.25, 0.3) is 4.96 Å². The highest BCUT2D eigenvalue weighted by Crippen LogP contribution is 2.32. The van der Waals surface area contributed by atoms with E-state index in [0.29, 0.717) is 28.0 Å². The standard InChI is InChI=1S/C20H17ClN4O2S/c1-2-18-24-25-19(26)11-14(23-20(25)28-18)12-22-16-10-13(21)8-9-17(16)27-15-6-4-3-5-7-15/h3-11,22H,2,12H2,1H3. The average Bonchev–Trinajstić information content (AvgIpc) is 3.13. The number of benzene rings is 2. The third-order valence-corrected chi connectivity index (χ3v) is 5.30. The maximum atomic E-state index is 12.3. The van der Waals surface area contributed by atoms with Gasteiger partial charge in [0, 0.05) is 11.1 Å². The molecule has 0 unspecified atom stereocenters. The molecular weight excluding hydrogens is 396 g/mol. The van der Waals surface area contributed by atoms with Crippen molar-refractivity contribution in [2.24, 2.45) is 0 Å². The Morgan fingerprint density at radius 2 is 2.00 bits per heavy atom. The van der Waals surface area contributed by atoms with Gasteiger partial charge in [0.15, 0.2) is 5.75 Å². The van der Waals surface area contributed by atoms with E-state index in [1.54, 1.807) is 18.2 Å². The van der Waals surface area contributed by atoms with Gasteiger partial charge in [-0.3, -0.25) is 4.79 Å². The number of hydrogen-bond acceptors (Lipinski definition) is 6. The van der Waals surface area contributed by atoms with Gasteiger partial charge in [0.2, 0.25) is 4.96 Å². The van der Waals surface area contributed by atoms with E-state index in [4.69, 9.17) is 16.3 Å². The lowest BCUT2D eigenvalue weighted by Gasteiger charge is -2.13. The number of rotatable bonds is 6. The minimum atomic E-state index is -0.190. The largest absolute Gasteiger partial charge is 0.455 e. The summed E-state index contributed by atoms with van der Waals surface area (Å²) in [6, 6.07) is 16.3. The van der Waals surface area contributed by atoms with E-state index in [1.165, 1.54) is 21.9 Å². The van der Waals surface area contributed by atoms with Crippen molar-refractivity contribution < 1.29 is 4.74 Å². The number of nitrogens with one attached hydrogen (secondary N) is 1. The van der Waals surface area contributed by atoms with Gasteiger partial charge in [-0.15, -0.1) is 0 Å². The molecule has 4 rings (SSSR count). The zero-order chi connectivity index (χ0) is 19.5. The SMILES string of the molecule is CCc1nn2c(=O)cc(CNc3cc(Cl)ccc3Oc3ccccc3)nc2s1. The predicted octanol–water partition coefficient (Wildman–Crippen LogP) is 4.77. The lowest BCUT2D eigenvalue weighted by molar-refractivity contribution is 0.484. The quantitative estimate of drug-likeness (QED) is 0.494. The van der Waals surface area contributed by atoms with E-state index in [2.05, 4.69) is 15.4 Å². The maximum absolute atomic E-state index is 12.3. The molecule has 0 radical (unpaired) electrons. The number of halogens is 1. The first-order valence-electron chi connectivity index (χ1n) is 8.77. The van der Waals surface area contributed by atoms with Gasteiger partial charge in [0.25, 0.3) is 5.56 Å².